The summed E-state index contributed by atoms with van der Waals surface area (Å²) in [7, 11) is 0. The highest BCUT2D eigenvalue weighted by atomic mass is 35.5. The van der Waals surface area contributed by atoms with Gasteiger partial charge in [-0.15, -0.1) is 0 Å². The van der Waals surface area contributed by atoms with Gasteiger partial charge in [-0.2, -0.15) is 0 Å². The van der Waals surface area contributed by atoms with Gasteiger partial charge in [-0.3, -0.25) is 24.1 Å². The van der Waals surface area contributed by atoms with Gasteiger partial charge in [0.15, 0.2) is 5.78 Å². The normalized spacial score (nSPS) is 30.1. The first kappa shape index (κ1) is 20.6. The van der Waals surface area contributed by atoms with Crippen LogP contribution in [0, 0.1) is 18.8 Å². The minimum Gasteiger partial charge on any atom is -0.324 e. The summed E-state index contributed by atoms with van der Waals surface area (Å²) in [6.45, 7) is 3.97. The van der Waals surface area contributed by atoms with Crippen molar-refractivity contribution in [2.75, 3.05) is 16.8 Å². The SMILES string of the molecule is CC(=O)c1ccc(N2C(=O)[C@H]3[C@@H](C2=O)[C@@]2(C(=O)Nc4c2ccc(Cl)c4C)N2CCC[C@@H]32)cc1. The standard InChI is InChI=1S/C25H22ClN3O4/c1-12-17(26)10-9-16-21(12)27-24(33)25(16)20-19(18-4-3-11-28(18)25)22(31)29(23(20)32)15-7-5-14(6-8-15)13(2)30/h5-10,18-20H,3-4,11H2,1-2H3,(H,27,33)/t18-,19+,20-,25-/m0/s1. The van der Waals surface area contributed by atoms with Crippen LogP contribution >= 0.6 is 11.6 Å². The van der Waals surface area contributed by atoms with Gasteiger partial charge in [-0.05, 0) is 69.1 Å². The van der Waals surface area contributed by atoms with Gasteiger partial charge in [0.25, 0.3) is 0 Å². The average molecular weight is 464 g/mol. The summed E-state index contributed by atoms with van der Waals surface area (Å²) < 4.78 is 0. The van der Waals surface area contributed by atoms with Crippen LogP contribution in [0.2, 0.25) is 5.02 Å². The third-order valence-electron chi connectivity index (χ3n) is 7.89. The van der Waals surface area contributed by atoms with Crippen LogP contribution in [0.15, 0.2) is 36.4 Å². The molecule has 0 unspecified atom stereocenters. The van der Waals surface area contributed by atoms with Gasteiger partial charge in [0.1, 0.15) is 5.54 Å². The molecule has 4 atom stereocenters. The summed E-state index contributed by atoms with van der Waals surface area (Å²) >= 11 is 6.33. The molecule has 6 rings (SSSR count). The van der Waals surface area contributed by atoms with Crippen molar-refractivity contribution in [3.8, 4) is 0 Å². The van der Waals surface area contributed by atoms with Gasteiger partial charge in [-0.1, -0.05) is 17.7 Å². The molecule has 1 N–H and O–H groups in total. The summed E-state index contributed by atoms with van der Waals surface area (Å²) in [4.78, 5) is 56.3. The number of imide groups is 1. The molecule has 1 spiro atoms. The molecule has 8 heteroatoms. The predicted octanol–water partition coefficient (Wildman–Crippen LogP) is 3.28. The van der Waals surface area contributed by atoms with Crippen molar-refractivity contribution in [2.24, 2.45) is 11.8 Å². The van der Waals surface area contributed by atoms with Crippen molar-refractivity contribution in [1.29, 1.82) is 0 Å². The molecule has 0 aromatic heterocycles. The zero-order chi connectivity index (χ0) is 23.2. The summed E-state index contributed by atoms with van der Waals surface area (Å²) in [5.41, 5.74) is 1.83. The molecule has 3 amide bonds. The number of rotatable bonds is 2. The van der Waals surface area contributed by atoms with Crippen LogP contribution in [0.5, 0.6) is 0 Å². The van der Waals surface area contributed by atoms with Crippen LogP contribution in [-0.2, 0) is 19.9 Å². The number of carbonyl (C=O) groups excluding carboxylic acids is 4. The van der Waals surface area contributed by atoms with E-state index in [1.54, 1.807) is 30.3 Å². The number of amides is 3. The smallest absolute Gasteiger partial charge is 0.250 e. The van der Waals surface area contributed by atoms with Crippen molar-refractivity contribution in [3.05, 3.63) is 58.1 Å². The number of nitrogens with zero attached hydrogens (tertiary/aromatic N) is 2. The van der Waals surface area contributed by atoms with Crippen molar-refractivity contribution in [3.63, 3.8) is 0 Å². The Labute approximate surface area is 195 Å². The van der Waals surface area contributed by atoms with Gasteiger partial charge in [-0.25, -0.2) is 4.90 Å². The maximum atomic E-state index is 13.9. The summed E-state index contributed by atoms with van der Waals surface area (Å²) in [5.74, 6) is -2.42. The third kappa shape index (κ3) is 2.39. The van der Waals surface area contributed by atoms with E-state index in [1.165, 1.54) is 11.8 Å². The zero-order valence-corrected chi connectivity index (χ0v) is 19.0. The Morgan fingerprint density at radius 3 is 2.52 bits per heavy atom. The molecule has 4 aliphatic heterocycles. The lowest BCUT2D eigenvalue weighted by Crippen LogP contribution is -2.54. The molecule has 2 aromatic rings. The minimum atomic E-state index is -1.22. The van der Waals surface area contributed by atoms with E-state index < -0.39 is 17.4 Å². The highest BCUT2D eigenvalue weighted by Gasteiger charge is 2.74. The van der Waals surface area contributed by atoms with Crippen LogP contribution in [0.25, 0.3) is 0 Å². The molecule has 0 radical (unpaired) electrons. The lowest BCUT2D eigenvalue weighted by Gasteiger charge is -2.36. The molecular weight excluding hydrogens is 442 g/mol. The first-order valence-electron chi connectivity index (χ1n) is 11.1. The average Bonchev–Trinajstić information content (AvgIpc) is 3.50. The second-order valence-corrected chi connectivity index (χ2v) is 9.74. The van der Waals surface area contributed by atoms with Crippen molar-refractivity contribution in [2.45, 2.75) is 38.3 Å². The minimum absolute atomic E-state index is 0.0914. The lowest BCUT2D eigenvalue weighted by molar-refractivity contribution is -0.135. The summed E-state index contributed by atoms with van der Waals surface area (Å²) in [6.07, 6.45) is 1.62. The van der Waals surface area contributed by atoms with E-state index in [0.717, 1.165) is 24.0 Å². The van der Waals surface area contributed by atoms with Crippen LogP contribution in [0.4, 0.5) is 11.4 Å². The second kappa shape index (κ2) is 6.74. The molecule has 33 heavy (non-hydrogen) atoms. The fraction of sp³-hybridized carbons (Fsp3) is 0.360. The Bertz CT molecular complexity index is 1270. The van der Waals surface area contributed by atoms with Gasteiger partial charge in [0, 0.05) is 22.2 Å². The maximum Gasteiger partial charge on any atom is 0.250 e. The number of Topliss-reactive ketones (excluding diaryl/α,β-unsaturated/α-hetero) is 1. The van der Waals surface area contributed by atoms with Crippen LogP contribution < -0.4 is 10.2 Å². The van der Waals surface area contributed by atoms with Crippen LogP contribution in [-0.4, -0.2) is 41.0 Å². The molecular formula is C25H22ClN3O4. The molecule has 4 aliphatic rings. The van der Waals surface area contributed by atoms with Crippen LogP contribution in [0.1, 0.15) is 41.3 Å². The number of carbonyl (C=O) groups is 4. The van der Waals surface area contributed by atoms with E-state index >= 15 is 0 Å². The van der Waals surface area contributed by atoms with Gasteiger partial charge >= 0.3 is 0 Å². The monoisotopic (exact) mass is 463 g/mol. The van der Waals surface area contributed by atoms with E-state index in [1.807, 2.05) is 13.0 Å². The fourth-order valence-electron chi connectivity index (χ4n) is 6.49. The van der Waals surface area contributed by atoms with Crippen LogP contribution in [0.3, 0.4) is 0 Å². The molecule has 0 saturated carbocycles. The highest BCUT2D eigenvalue weighted by Crippen LogP contribution is 2.61. The fourth-order valence-corrected chi connectivity index (χ4v) is 6.65. The van der Waals surface area contributed by atoms with E-state index in [-0.39, 0.29) is 29.5 Å². The predicted molar refractivity (Wildman–Crippen MR) is 122 cm³/mol. The van der Waals surface area contributed by atoms with E-state index in [9.17, 15) is 19.2 Å². The van der Waals surface area contributed by atoms with Crippen molar-refractivity contribution < 1.29 is 19.2 Å². The molecule has 0 bridgehead atoms. The Kier molecular flexibility index (Phi) is 4.20. The quantitative estimate of drug-likeness (QED) is 0.545. The Balaban J connectivity index is 1.52. The lowest BCUT2D eigenvalue weighted by atomic mass is 9.75. The Morgan fingerprint density at radius 2 is 1.82 bits per heavy atom. The highest BCUT2D eigenvalue weighted by molar-refractivity contribution is 6.32. The van der Waals surface area contributed by atoms with E-state index in [0.29, 0.717) is 28.5 Å². The number of nitrogens with one attached hydrogen (secondary N) is 1. The number of halogens is 1. The second-order valence-electron chi connectivity index (χ2n) is 9.34. The van der Waals surface area contributed by atoms with Gasteiger partial charge in [0.2, 0.25) is 17.7 Å². The molecule has 0 aliphatic carbocycles. The summed E-state index contributed by atoms with van der Waals surface area (Å²) in [6, 6.07) is 9.89. The number of fused-ring (bicyclic) bond motifs is 7. The molecule has 2 aromatic carbocycles. The van der Waals surface area contributed by atoms with Crippen molar-refractivity contribution >= 4 is 46.5 Å². The summed E-state index contributed by atoms with van der Waals surface area (Å²) in [5, 5.41) is 3.53. The third-order valence-corrected chi connectivity index (χ3v) is 8.30. The maximum absolute atomic E-state index is 13.9. The number of benzene rings is 2. The van der Waals surface area contributed by atoms with E-state index in [4.69, 9.17) is 11.6 Å². The Morgan fingerprint density at radius 1 is 1.09 bits per heavy atom. The number of hydrogen-bond acceptors (Lipinski definition) is 5. The number of anilines is 2. The molecule has 168 valence electrons. The van der Waals surface area contributed by atoms with Gasteiger partial charge < -0.3 is 5.32 Å². The molecule has 3 fully saturated rings. The van der Waals surface area contributed by atoms with Crippen molar-refractivity contribution in [1.82, 2.24) is 4.90 Å². The topological polar surface area (TPSA) is 86.8 Å². The van der Waals surface area contributed by atoms with E-state index in [2.05, 4.69) is 10.2 Å². The number of ketones is 1. The van der Waals surface area contributed by atoms with Gasteiger partial charge in [0.05, 0.1) is 23.2 Å². The molecule has 7 nitrogen and oxygen atoms in total. The first-order valence-corrected chi connectivity index (χ1v) is 11.5. The largest absolute Gasteiger partial charge is 0.324 e. The zero-order valence-electron chi connectivity index (χ0n) is 18.2. The number of hydrogen-bond donors (Lipinski definition) is 1. The molecule has 4 heterocycles. The first-order chi connectivity index (χ1) is 15.8. The Hall–Kier alpha value is -3.03. The molecule has 3 saturated heterocycles.